The molecule has 9 aromatic carbocycles. The Bertz CT molecular complexity index is 2780. The summed E-state index contributed by atoms with van der Waals surface area (Å²) in [5.74, 6) is -0.303. The van der Waals surface area contributed by atoms with E-state index in [9.17, 15) is 4.79 Å². The number of hydrogen-bond acceptors (Lipinski definition) is 5. The van der Waals surface area contributed by atoms with E-state index in [0.29, 0.717) is 0 Å². The Labute approximate surface area is 398 Å². The summed E-state index contributed by atoms with van der Waals surface area (Å²) in [6.07, 6.45) is 0. The lowest BCUT2D eigenvalue weighted by atomic mass is 10.3. The van der Waals surface area contributed by atoms with Crippen molar-refractivity contribution in [1.82, 2.24) is 0 Å². The number of allylic oxidation sites excluding steroid dienone is 1. The van der Waals surface area contributed by atoms with Crippen molar-refractivity contribution in [2.75, 3.05) is 0 Å². The van der Waals surface area contributed by atoms with Crippen LogP contribution in [0, 0.1) is 0 Å². The maximum Gasteiger partial charge on any atom is 0.460 e. The fourth-order valence-electron chi connectivity index (χ4n) is 8.78. The van der Waals surface area contributed by atoms with Gasteiger partial charge in [0.25, 0.3) is 8.32 Å². The van der Waals surface area contributed by atoms with E-state index in [1.807, 2.05) is 109 Å². The highest BCUT2D eigenvalue weighted by Gasteiger charge is 2.63. The van der Waals surface area contributed by atoms with Gasteiger partial charge in [0.15, 0.2) is 5.78 Å². The monoisotopic (exact) mass is 938 g/mol. The van der Waals surface area contributed by atoms with Crippen molar-refractivity contribution in [2.45, 2.75) is 6.92 Å². The molecule has 0 bridgehead atoms. The summed E-state index contributed by atoms with van der Waals surface area (Å²) in [7, 11) is -16.3. The van der Waals surface area contributed by atoms with Crippen LogP contribution in [0.4, 0.5) is 0 Å². The summed E-state index contributed by atoms with van der Waals surface area (Å²) in [6, 6.07) is 93.2. The molecule has 328 valence electrons. The van der Waals surface area contributed by atoms with Crippen molar-refractivity contribution >= 4 is 86.5 Å². The first-order chi connectivity index (χ1) is 32.9. The Balaban J connectivity index is 1.45. The number of benzene rings is 9. The van der Waals surface area contributed by atoms with Crippen LogP contribution in [0.3, 0.4) is 0 Å². The summed E-state index contributed by atoms with van der Waals surface area (Å²) in [4.78, 5) is 13.5. The van der Waals surface area contributed by atoms with Gasteiger partial charge in [-0.3, -0.25) is 4.79 Å². The normalized spacial score (nSPS) is 12.0. The van der Waals surface area contributed by atoms with Crippen molar-refractivity contribution in [2.24, 2.45) is 0 Å². The zero-order valence-electron chi connectivity index (χ0n) is 37.2. The van der Waals surface area contributed by atoms with E-state index in [1.54, 1.807) is 0 Å². The highest BCUT2D eigenvalue weighted by atomic mass is 28.5. The molecule has 0 radical (unpaired) electrons. The van der Waals surface area contributed by atoms with Crippen LogP contribution in [0.2, 0.25) is 0 Å². The Hall–Kier alpha value is -7.06. The number of Topliss-reactive ketones (excluding diaryl/α,β-unsaturated/α-hetero) is 1. The Kier molecular flexibility index (Phi) is 13.6. The minimum absolute atomic E-state index is 0.00192. The minimum atomic E-state index is -4.31. The molecule has 0 atom stereocenters. The van der Waals surface area contributed by atoms with Gasteiger partial charge in [0, 0.05) is 17.3 Å². The molecule has 0 N–H and O–H groups in total. The van der Waals surface area contributed by atoms with Crippen molar-refractivity contribution in [3.8, 4) is 0 Å². The Morgan fingerprint density at radius 3 is 0.731 bits per heavy atom. The highest BCUT2D eigenvalue weighted by molar-refractivity contribution is 7.16. The first-order valence-corrected chi connectivity index (χ1v) is 29.7. The van der Waals surface area contributed by atoms with Gasteiger partial charge in [0.05, 0.1) is 0 Å². The van der Waals surface area contributed by atoms with E-state index >= 15 is 0 Å². The van der Waals surface area contributed by atoms with Gasteiger partial charge in [0.2, 0.25) is 0 Å². The van der Waals surface area contributed by atoms with Crippen LogP contribution in [-0.2, 0) is 21.6 Å². The molecule has 0 aliphatic heterocycles. The molecule has 0 fully saturated rings. The second kappa shape index (κ2) is 20.2. The topological polar surface area (TPSA) is 54.0 Å². The fraction of sp³-hybridized carbons (Fsp3) is 0.0172. The summed E-state index contributed by atoms with van der Waals surface area (Å²) in [5.41, 5.74) is 0. The van der Waals surface area contributed by atoms with Gasteiger partial charge in [-0.2, -0.15) is 0 Å². The number of carbonyl (C=O) groups is 1. The fourth-order valence-corrected chi connectivity index (χ4v) is 29.6. The summed E-state index contributed by atoms with van der Waals surface area (Å²) in [5, 5.41) is 8.21. The van der Waals surface area contributed by atoms with Gasteiger partial charge in [0.1, 0.15) is 5.76 Å². The van der Waals surface area contributed by atoms with Crippen LogP contribution in [0.15, 0.2) is 285 Å². The van der Waals surface area contributed by atoms with Crippen molar-refractivity contribution in [3.63, 3.8) is 0 Å². The molecule has 0 aliphatic rings. The molecule has 0 aliphatic carbocycles. The minimum Gasteiger partial charge on any atom is -0.512 e. The second-order valence-corrected chi connectivity index (χ2v) is 29.1. The lowest BCUT2D eigenvalue weighted by Gasteiger charge is -2.48. The van der Waals surface area contributed by atoms with Crippen LogP contribution in [0.25, 0.3) is 0 Å². The van der Waals surface area contributed by atoms with Crippen LogP contribution in [0.1, 0.15) is 6.92 Å². The third-order valence-electron chi connectivity index (χ3n) is 12.0. The third kappa shape index (κ3) is 8.97. The summed E-state index contributed by atoms with van der Waals surface area (Å²) < 4.78 is 33.1. The molecule has 0 saturated carbocycles. The quantitative estimate of drug-likeness (QED) is 0.0421. The molecular formula is C58H50O5Si4. The van der Waals surface area contributed by atoms with Gasteiger partial charge in [-0.15, -0.1) is 0 Å². The van der Waals surface area contributed by atoms with E-state index in [2.05, 4.69) is 170 Å². The molecule has 0 amide bonds. The average Bonchev–Trinajstić information content (AvgIpc) is 3.41. The molecule has 0 saturated heterocycles. The highest BCUT2D eigenvalue weighted by Crippen LogP contribution is 2.28. The predicted molar refractivity (Wildman–Crippen MR) is 282 cm³/mol. The standard InChI is InChI=1S/C58H50O5Si4/c1-48(59)49(2)60-65(53-36-18-6-19-37-53,54-38-20-7-21-39-54)62-67(57-44-26-10-27-45-57,58-46-28-11-29-47-58)63-66(55-40-22-8-23-41-55,56-42-24-9-25-43-56)61-64(50-30-12-3-13-31-50,51-32-14-4-15-33-51)52-34-16-5-17-35-52/h3-47H,2H2,1H3. The van der Waals surface area contributed by atoms with Gasteiger partial charge in [-0.05, 0) is 36.3 Å². The molecule has 67 heavy (non-hydrogen) atoms. The molecule has 0 unspecified atom stereocenters. The van der Waals surface area contributed by atoms with Gasteiger partial charge < -0.3 is 16.8 Å². The van der Waals surface area contributed by atoms with Crippen LogP contribution in [-0.4, -0.2) is 39.8 Å². The Morgan fingerprint density at radius 1 is 0.299 bits per heavy atom. The summed E-state index contributed by atoms with van der Waals surface area (Å²) >= 11 is 0. The Morgan fingerprint density at radius 2 is 0.493 bits per heavy atom. The maximum absolute atomic E-state index is 13.5. The third-order valence-corrected chi connectivity index (χ3v) is 29.5. The molecule has 9 rings (SSSR count). The summed E-state index contributed by atoms with van der Waals surface area (Å²) in [6.45, 7) is 5.71. The molecule has 0 aromatic heterocycles. The van der Waals surface area contributed by atoms with Crippen molar-refractivity contribution in [1.29, 1.82) is 0 Å². The first kappa shape index (κ1) is 45.1. The zero-order chi connectivity index (χ0) is 46.0. The smallest absolute Gasteiger partial charge is 0.460 e. The van der Waals surface area contributed by atoms with Gasteiger partial charge in [-0.25, -0.2) is 0 Å². The van der Waals surface area contributed by atoms with E-state index < -0.39 is 34.0 Å². The molecule has 0 spiro atoms. The lowest BCUT2D eigenvalue weighted by Crippen LogP contribution is -2.84. The van der Waals surface area contributed by atoms with E-state index in [4.69, 9.17) is 16.8 Å². The van der Waals surface area contributed by atoms with Crippen LogP contribution >= 0.6 is 0 Å². The SMILES string of the molecule is C=C(O[Si](O[Si](O[Si](O[Si](c1ccccc1)(c1ccccc1)c1ccccc1)(c1ccccc1)c1ccccc1)(c1ccccc1)c1ccccc1)(c1ccccc1)c1ccccc1)C(C)=O. The molecule has 9 heteroatoms. The van der Waals surface area contributed by atoms with E-state index in [-0.39, 0.29) is 11.5 Å². The second-order valence-electron chi connectivity index (χ2n) is 16.2. The number of rotatable bonds is 18. The van der Waals surface area contributed by atoms with Crippen LogP contribution < -0.4 is 46.7 Å². The largest absolute Gasteiger partial charge is 0.512 e. The predicted octanol–water partition coefficient (Wildman–Crippen LogP) is 6.59. The van der Waals surface area contributed by atoms with E-state index in [0.717, 1.165) is 46.7 Å². The average molecular weight is 939 g/mol. The van der Waals surface area contributed by atoms with Gasteiger partial charge in [-0.1, -0.05) is 280 Å². The maximum atomic E-state index is 13.5. The number of hydrogen-bond donors (Lipinski definition) is 0. The number of ketones is 1. The number of carbonyl (C=O) groups excluding carboxylic acids is 1. The van der Waals surface area contributed by atoms with Gasteiger partial charge >= 0.3 is 25.7 Å². The lowest BCUT2D eigenvalue weighted by molar-refractivity contribution is -0.115. The van der Waals surface area contributed by atoms with Crippen molar-refractivity contribution in [3.05, 3.63) is 285 Å². The molecular weight excluding hydrogens is 889 g/mol. The molecule has 9 aromatic rings. The van der Waals surface area contributed by atoms with E-state index in [1.165, 1.54) is 6.92 Å². The first-order valence-electron chi connectivity index (χ1n) is 22.4. The molecule has 0 heterocycles. The van der Waals surface area contributed by atoms with Crippen molar-refractivity contribution < 1.29 is 21.6 Å². The zero-order valence-corrected chi connectivity index (χ0v) is 41.2. The molecule has 5 nitrogen and oxygen atoms in total. The van der Waals surface area contributed by atoms with Crippen LogP contribution in [0.5, 0.6) is 0 Å².